The number of fused-ring (bicyclic) bond motifs is 1. The van der Waals surface area contributed by atoms with Crippen LogP contribution in [-0.2, 0) is 21.4 Å². The number of sulfonamides is 1. The van der Waals surface area contributed by atoms with Crippen LogP contribution in [0.4, 0.5) is 0 Å². The first-order chi connectivity index (χ1) is 12.3. The molecule has 7 nitrogen and oxygen atoms in total. The minimum atomic E-state index is -3.44. The zero-order valence-corrected chi connectivity index (χ0v) is 16.3. The number of nitrogens with one attached hydrogen (secondary N) is 1. The Morgan fingerprint density at radius 1 is 1.27 bits per heavy atom. The Hall–Kier alpha value is -2.23. The summed E-state index contributed by atoms with van der Waals surface area (Å²) in [5.74, 6) is -0.154. The van der Waals surface area contributed by atoms with Crippen molar-refractivity contribution < 1.29 is 13.2 Å². The van der Waals surface area contributed by atoms with Gasteiger partial charge in [-0.3, -0.25) is 4.79 Å². The third-order valence-corrected chi connectivity index (χ3v) is 7.45. The van der Waals surface area contributed by atoms with E-state index in [1.165, 1.54) is 18.4 Å². The maximum Gasteiger partial charge on any atom is 0.252 e. The van der Waals surface area contributed by atoms with Gasteiger partial charge in [0.15, 0.2) is 0 Å². The van der Waals surface area contributed by atoms with Crippen LogP contribution in [0, 0.1) is 0 Å². The van der Waals surface area contributed by atoms with Gasteiger partial charge in [-0.15, -0.1) is 11.3 Å². The van der Waals surface area contributed by atoms with Gasteiger partial charge in [0.2, 0.25) is 5.91 Å². The van der Waals surface area contributed by atoms with E-state index >= 15 is 0 Å². The lowest BCUT2D eigenvalue weighted by Gasteiger charge is -2.14. The first-order valence-electron chi connectivity index (χ1n) is 8.01. The molecule has 0 saturated heterocycles. The molecule has 1 amide bonds. The van der Waals surface area contributed by atoms with Gasteiger partial charge in [0, 0.05) is 19.0 Å². The normalized spacial score (nSPS) is 13.2. The van der Waals surface area contributed by atoms with Crippen LogP contribution >= 0.6 is 11.3 Å². The summed E-state index contributed by atoms with van der Waals surface area (Å²) < 4.78 is 27.5. The lowest BCUT2D eigenvalue weighted by atomic mass is 10.2. The van der Waals surface area contributed by atoms with Gasteiger partial charge in [-0.2, -0.15) is 0 Å². The molecule has 3 rings (SSSR count). The summed E-state index contributed by atoms with van der Waals surface area (Å²) in [5.41, 5.74) is 1.73. The van der Waals surface area contributed by atoms with Crippen molar-refractivity contribution in [2.75, 3.05) is 14.1 Å². The number of imidazole rings is 1. The van der Waals surface area contributed by atoms with Gasteiger partial charge in [-0.05, 0) is 31.2 Å². The quantitative estimate of drug-likeness (QED) is 0.697. The van der Waals surface area contributed by atoms with Crippen molar-refractivity contribution in [3.05, 3.63) is 47.6 Å². The molecule has 0 bridgehead atoms. The van der Waals surface area contributed by atoms with Crippen molar-refractivity contribution in [2.24, 2.45) is 0 Å². The van der Waals surface area contributed by atoms with Crippen LogP contribution in [0.2, 0.25) is 0 Å². The minimum Gasteiger partial charge on any atom is -0.349 e. The second-order valence-corrected chi connectivity index (χ2v) is 9.59. The Morgan fingerprint density at radius 3 is 2.73 bits per heavy atom. The van der Waals surface area contributed by atoms with Crippen LogP contribution in [-0.4, -0.2) is 42.3 Å². The molecule has 0 fully saturated rings. The monoisotopic (exact) mass is 392 g/mol. The number of carbonyl (C=O) groups excluding carboxylic acids is 1. The van der Waals surface area contributed by atoms with E-state index in [9.17, 15) is 13.2 Å². The van der Waals surface area contributed by atoms with Gasteiger partial charge in [-0.1, -0.05) is 12.1 Å². The molecule has 1 N–H and O–H groups in total. The van der Waals surface area contributed by atoms with Gasteiger partial charge in [0.05, 0.1) is 23.9 Å². The highest BCUT2D eigenvalue weighted by Gasteiger charge is 2.20. The minimum absolute atomic E-state index is 0.154. The molecule has 138 valence electrons. The number of hydrogen-bond donors (Lipinski definition) is 1. The van der Waals surface area contributed by atoms with E-state index in [4.69, 9.17) is 0 Å². The van der Waals surface area contributed by atoms with Crippen molar-refractivity contribution in [2.45, 2.75) is 23.7 Å². The largest absolute Gasteiger partial charge is 0.349 e. The number of thiophene rings is 1. The second-order valence-electron chi connectivity index (χ2n) is 6.04. The van der Waals surface area contributed by atoms with Crippen LogP contribution < -0.4 is 5.32 Å². The fourth-order valence-corrected chi connectivity index (χ4v) is 4.97. The summed E-state index contributed by atoms with van der Waals surface area (Å²) in [5, 5.41) is 2.86. The molecule has 1 atom stereocenters. The van der Waals surface area contributed by atoms with Crippen LogP contribution in [0.3, 0.4) is 0 Å². The lowest BCUT2D eigenvalue weighted by molar-refractivity contribution is -0.123. The zero-order valence-electron chi connectivity index (χ0n) is 14.7. The highest BCUT2D eigenvalue weighted by Crippen LogP contribution is 2.24. The third-order valence-electron chi connectivity index (χ3n) is 4.09. The number of nitrogens with zero attached hydrogens (tertiary/aromatic N) is 3. The van der Waals surface area contributed by atoms with E-state index in [-0.39, 0.29) is 16.7 Å². The van der Waals surface area contributed by atoms with Gasteiger partial charge in [-0.25, -0.2) is 17.7 Å². The number of aromatic nitrogens is 2. The fraction of sp³-hybridized carbons (Fsp3) is 0.294. The summed E-state index contributed by atoms with van der Waals surface area (Å²) in [6, 6.07) is 10.5. The average Bonchev–Trinajstić information content (AvgIpc) is 3.26. The number of carbonyl (C=O) groups is 1. The summed E-state index contributed by atoms with van der Waals surface area (Å²) in [4.78, 5) is 17.6. The van der Waals surface area contributed by atoms with Gasteiger partial charge in [0.1, 0.15) is 10.3 Å². The zero-order chi connectivity index (χ0) is 18.9. The topological polar surface area (TPSA) is 84.3 Å². The van der Waals surface area contributed by atoms with Crippen LogP contribution in [0.1, 0.15) is 17.8 Å². The molecular formula is C17H20N4O3S2. The van der Waals surface area contributed by atoms with Crippen LogP contribution in [0.5, 0.6) is 0 Å². The Kier molecular flexibility index (Phi) is 5.12. The number of para-hydroxylation sites is 2. The second kappa shape index (κ2) is 7.18. The molecule has 2 aromatic heterocycles. The summed E-state index contributed by atoms with van der Waals surface area (Å²) in [6.07, 6.45) is 1.65. The van der Waals surface area contributed by atoms with Gasteiger partial charge >= 0.3 is 0 Å². The van der Waals surface area contributed by atoms with Crippen LogP contribution in [0.25, 0.3) is 11.0 Å². The molecular weight excluding hydrogens is 372 g/mol. The highest BCUT2D eigenvalue weighted by molar-refractivity contribution is 7.91. The molecule has 3 aromatic rings. The smallest absolute Gasteiger partial charge is 0.252 e. The Labute approximate surface area is 156 Å². The molecule has 0 spiro atoms. The summed E-state index contributed by atoms with van der Waals surface area (Å²) in [7, 11) is -0.457. The standard InChI is InChI=1S/C17H20N4O3S2/c1-12(21-11-19-14-6-4-5-7-15(14)21)17(22)18-10-13-8-9-16(25-13)26(23,24)20(2)3/h4-9,11-12H,10H2,1-3H3,(H,18,22). The molecule has 2 heterocycles. The Morgan fingerprint density at radius 2 is 2.00 bits per heavy atom. The molecule has 1 unspecified atom stereocenters. The first kappa shape index (κ1) is 18.6. The molecule has 9 heteroatoms. The van der Waals surface area contributed by atoms with Crippen molar-refractivity contribution in [1.29, 1.82) is 0 Å². The number of hydrogen-bond acceptors (Lipinski definition) is 5. The van der Waals surface area contributed by atoms with Gasteiger partial charge < -0.3 is 9.88 Å². The third kappa shape index (κ3) is 3.50. The van der Waals surface area contributed by atoms with Crippen molar-refractivity contribution in [3.8, 4) is 0 Å². The fourth-order valence-electron chi connectivity index (χ4n) is 2.51. The summed E-state index contributed by atoms with van der Waals surface area (Å²) >= 11 is 1.16. The van der Waals surface area contributed by atoms with E-state index in [0.29, 0.717) is 0 Å². The van der Waals surface area contributed by atoms with Gasteiger partial charge in [0.25, 0.3) is 10.0 Å². The molecule has 0 aliphatic heterocycles. The van der Waals surface area contributed by atoms with Crippen molar-refractivity contribution in [3.63, 3.8) is 0 Å². The Bertz CT molecular complexity index is 1040. The number of benzene rings is 1. The summed E-state index contributed by atoms with van der Waals surface area (Å²) in [6.45, 7) is 2.09. The predicted octanol–water partition coefficient (Wildman–Crippen LogP) is 2.23. The molecule has 1 aromatic carbocycles. The van der Waals surface area contributed by atoms with Crippen molar-refractivity contribution >= 4 is 38.3 Å². The van der Waals surface area contributed by atoms with Crippen LogP contribution in [0.15, 0.2) is 46.9 Å². The van der Waals surface area contributed by atoms with E-state index in [1.54, 1.807) is 25.4 Å². The maximum absolute atomic E-state index is 12.5. The maximum atomic E-state index is 12.5. The Balaban J connectivity index is 1.68. The lowest BCUT2D eigenvalue weighted by Crippen LogP contribution is -2.30. The molecule has 0 aliphatic rings. The van der Waals surface area contributed by atoms with E-state index in [1.807, 2.05) is 28.8 Å². The van der Waals surface area contributed by atoms with E-state index < -0.39 is 16.1 Å². The number of rotatable bonds is 6. The highest BCUT2D eigenvalue weighted by atomic mass is 32.2. The first-order valence-corrected chi connectivity index (χ1v) is 10.3. The van der Waals surface area contributed by atoms with E-state index in [0.717, 1.165) is 27.2 Å². The number of amides is 1. The predicted molar refractivity (Wildman–Crippen MR) is 101 cm³/mol. The van der Waals surface area contributed by atoms with Crippen molar-refractivity contribution in [1.82, 2.24) is 19.2 Å². The molecule has 0 radical (unpaired) electrons. The molecule has 26 heavy (non-hydrogen) atoms. The molecule has 0 aliphatic carbocycles. The average molecular weight is 393 g/mol. The van der Waals surface area contributed by atoms with E-state index in [2.05, 4.69) is 10.3 Å². The SMILES string of the molecule is CC(C(=O)NCc1ccc(S(=O)(=O)N(C)C)s1)n1cnc2ccccc21. The molecule has 0 saturated carbocycles.